The second-order valence-corrected chi connectivity index (χ2v) is 5.79. The van der Waals surface area contributed by atoms with Crippen LogP contribution >= 0.6 is 0 Å². The Morgan fingerprint density at radius 2 is 2.12 bits per heavy atom. The second-order valence-electron chi connectivity index (χ2n) is 3.71. The Bertz CT molecular complexity index is 559. The minimum Gasteiger partial charge on any atom is -0.359 e. The van der Waals surface area contributed by atoms with Gasteiger partial charge in [-0.1, -0.05) is 18.2 Å². The summed E-state index contributed by atoms with van der Waals surface area (Å²) in [5, 5.41) is 9.19. The molecule has 0 radical (unpaired) electrons. The Morgan fingerprint density at radius 1 is 1.44 bits per heavy atom. The summed E-state index contributed by atoms with van der Waals surface area (Å²) in [6.45, 7) is 0. The molecule has 1 aliphatic heterocycles. The zero-order valence-corrected chi connectivity index (χ0v) is 9.62. The summed E-state index contributed by atoms with van der Waals surface area (Å²) >= 11 is 0. The van der Waals surface area contributed by atoms with Gasteiger partial charge in [0.15, 0.2) is 15.4 Å². The van der Waals surface area contributed by atoms with E-state index >= 15 is 0 Å². The van der Waals surface area contributed by atoms with Crippen molar-refractivity contribution in [1.29, 1.82) is 5.26 Å². The summed E-state index contributed by atoms with van der Waals surface area (Å²) in [4.78, 5) is 0.213. The molecule has 0 aliphatic carbocycles. The fourth-order valence-electron chi connectivity index (χ4n) is 1.97. The molecule has 1 unspecified atom stereocenters. The molecule has 0 bridgehead atoms. The zero-order valence-electron chi connectivity index (χ0n) is 8.80. The summed E-state index contributed by atoms with van der Waals surface area (Å²) in [5.41, 5.74) is -0.673. The van der Waals surface area contributed by atoms with Gasteiger partial charge in [0.05, 0.1) is 10.6 Å². The molecule has 16 heavy (non-hydrogen) atoms. The molecule has 0 spiro atoms. The maximum Gasteiger partial charge on any atom is 0.181 e. The number of methoxy groups -OCH3 is 1. The summed E-state index contributed by atoms with van der Waals surface area (Å²) in [6.07, 6.45) is 0.180. The van der Waals surface area contributed by atoms with Crippen LogP contribution < -0.4 is 0 Å². The minimum atomic E-state index is -3.26. The van der Waals surface area contributed by atoms with Gasteiger partial charge in [0, 0.05) is 19.1 Å². The van der Waals surface area contributed by atoms with E-state index in [1.54, 1.807) is 18.2 Å². The van der Waals surface area contributed by atoms with Crippen LogP contribution in [0.15, 0.2) is 29.2 Å². The van der Waals surface area contributed by atoms with Crippen molar-refractivity contribution in [2.24, 2.45) is 0 Å². The summed E-state index contributed by atoms with van der Waals surface area (Å²) in [5.74, 6) is -0.0502. The molecule has 4 nitrogen and oxygen atoms in total. The number of ether oxygens (including phenoxy) is 1. The molecular formula is C11H11NO3S. The first-order chi connectivity index (χ1) is 7.56. The number of hydrogen-bond acceptors (Lipinski definition) is 4. The monoisotopic (exact) mass is 237 g/mol. The van der Waals surface area contributed by atoms with Crippen molar-refractivity contribution in [2.75, 3.05) is 12.9 Å². The van der Waals surface area contributed by atoms with Crippen molar-refractivity contribution in [2.45, 2.75) is 16.9 Å². The lowest BCUT2D eigenvalue weighted by Crippen LogP contribution is -2.35. The predicted octanol–water partition coefficient (Wildman–Crippen LogP) is 1.23. The molecule has 1 atom stereocenters. The minimum absolute atomic E-state index is 0.0502. The standard InChI is InChI=1S/C11H11NO3S/c1-15-11(8-12)6-7-16(13,14)10-5-3-2-4-9(10)11/h2-5H,6-7H2,1H3. The summed E-state index contributed by atoms with van der Waals surface area (Å²) in [7, 11) is -1.84. The van der Waals surface area contributed by atoms with Crippen LogP contribution in [0.5, 0.6) is 0 Å². The van der Waals surface area contributed by atoms with E-state index in [-0.39, 0.29) is 17.1 Å². The van der Waals surface area contributed by atoms with Crippen LogP contribution in [0.1, 0.15) is 12.0 Å². The van der Waals surface area contributed by atoms with Crippen molar-refractivity contribution in [1.82, 2.24) is 0 Å². The fourth-order valence-corrected chi connectivity index (χ4v) is 3.60. The van der Waals surface area contributed by atoms with E-state index in [1.165, 1.54) is 13.2 Å². The number of hydrogen-bond donors (Lipinski definition) is 0. The molecule has 0 saturated heterocycles. The third kappa shape index (κ3) is 1.42. The van der Waals surface area contributed by atoms with Gasteiger partial charge >= 0.3 is 0 Å². The lowest BCUT2D eigenvalue weighted by molar-refractivity contribution is 0.0291. The molecule has 0 aromatic heterocycles. The highest BCUT2D eigenvalue weighted by atomic mass is 32.2. The van der Waals surface area contributed by atoms with Crippen LogP contribution in [0.4, 0.5) is 0 Å². The van der Waals surface area contributed by atoms with Crippen LogP contribution in [0.2, 0.25) is 0 Å². The Kier molecular flexibility index (Phi) is 2.49. The predicted molar refractivity (Wildman–Crippen MR) is 57.4 cm³/mol. The average molecular weight is 237 g/mol. The molecular weight excluding hydrogens is 226 g/mol. The van der Waals surface area contributed by atoms with Gasteiger partial charge in [-0.05, 0) is 6.07 Å². The normalized spacial score (nSPS) is 26.8. The maximum absolute atomic E-state index is 11.8. The van der Waals surface area contributed by atoms with Crippen LogP contribution in [0, 0.1) is 11.3 Å². The van der Waals surface area contributed by atoms with E-state index in [0.29, 0.717) is 5.56 Å². The molecule has 0 N–H and O–H groups in total. The molecule has 2 rings (SSSR count). The van der Waals surface area contributed by atoms with Gasteiger partial charge in [-0.2, -0.15) is 5.26 Å². The second kappa shape index (κ2) is 3.58. The van der Waals surface area contributed by atoms with E-state index in [4.69, 9.17) is 4.74 Å². The van der Waals surface area contributed by atoms with Crippen LogP contribution in [-0.2, 0) is 20.2 Å². The number of nitriles is 1. The lowest BCUT2D eigenvalue weighted by Gasteiger charge is -2.31. The number of benzene rings is 1. The number of fused-ring (bicyclic) bond motifs is 1. The first kappa shape index (κ1) is 11.1. The lowest BCUT2D eigenvalue weighted by atomic mass is 9.92. The Morgan fingerprint density at radius 3 is 2.75 bits per heavy atom. The Labute approximate surface area is 94.4 Å². The molecule has 0 fully saturated rings. The molecule has 1 aliphatic rings. The van der Waals surface area contributed by atoms with Crippen LogP contribution in [-0.4, -0.2) is 21.3 Å². The van der Waals surface area contributed by atoms with E-state index in [2.05, 4.69) is 6.07 Å². The molecule has 0 amide bonds. The SMILES string of the molecule is COC1(C#N)CCS(=O)(=O)c2ccccc21. The highest BCUT2D eigenvalue weighted by Gasteiger charge is 2.42. The molecule has 84 valence electrons. The molecule has 5 heteroatoms. The highest BCUT2D eigenvalue weighted by molar-refractivity contribution is 7.91. The highest BCUT2D eigenvalue weighted by Crippen LogP contribution is 2.38. The van der Waals surface area contributed by atoms with Crippen molar-refractivity contribution >= 4 is 9.84 Å². The first-order valence-electron chi connectivity index (χ1n) is 4.84. The summed E-state index contributed by atoms with van der Waals surface area (Å²) in [6, 6.07) is 8.60. The largest absolute Gasteiger partial charge is 0.359 e. The third-order valence-corrected chi connectivity index (χ3v) is 4.68. The van der Waals surface area contributed by atoms with Crippen LogP contribution in [0.25, 0.3) is 0 Å². The average Bonchev–Trinajstić information content (AvgIpc) is 2.31. The molecule has 0 saturated carbocycles. The van der Waals surface area contributed by atoms with Crippen molar-refractivity contribution < 1.29 is 13.2 Å². The first-order valence-corrected chi connectivity index (χ1v) is 6.50. The van der Waals surface area contributed by atoms with Gasteiger partial charge in [0.2, 0.25) is 0 Å². The topological polar surface area (TPSA) is 67.2 Å². The number of nitrogens with zero attached hydrogens (tertiary/aromatic N) is 1. The van der Waals surface area contributed by atoms with Gasteiger partial charge in [0.25, 0.3) is 0 Å². The van der Waals surface area contributed by atoms with E-state index < -0.39 is 15.4 Å². The van der Waals surface area contributed by atoms with Gasteiger partial charge in [-0.15, -0.1) is 0 Å². The van der Waals surface area contributed by atoms with Crippen LogP contribution in [0.3, 0.4) is 0 Å². The number of sulfone groups is 1. The smallest absolute Gasteiger partial charge is 0.181 e. The van der Waals surface area contributed by atoms with Crippen molar-refractivity contribution in [3.63, 3.8) is 0 Å². The quantitative estimate of drug-likeness (QED) is 0.736. The molecule has 1 aromatic carbocycles. The third-order valence-electron chi connectivity index (χ3n) is 2.91. The maximum atomic E-state index is 11.8. The number of rotatable bonds is 1. The summed E-state index contributed by atoms with van der Waals surface area (Å²) < 4.78 is 28.9. The molecule has 1 heterocycles. The van der Waals surface area contributed by atoms with Gasteiger partial charge in [0.1, 0.15) is 6.07 Å². The van der Waals surface area contributed by atoms with E-state index in [1.807, 2.05) is 0 Å². The van der Waals surface area contributed by atoms with Gasteiger partial charge in [-0.3, -0.25) is 0 Å². The van der Waals surface area contributed by atoms with E-state index in [0.717, 1.165) is 0 Å². The van der Waals surface area contributed by atoms with Crippen molar-refractivity contribution in [3.8, 4) is 6.07 Å². The Hall–Kier alpha value is -1.38. The van der Waals surface area contributed by atoms with Gasteiger partial charge < -0.3 is 4.74 Å². The zero-order chi connectivity index (χ0) is 11.8. The Balaban J connectivity index is 2.75. The molecule has 1 aromatic rings. The van der Waals surface area contributed by atoms with Crippen molar-refractivity contribution in [3.05, 3.63) is 29.8 Å². The van der Waals surface area contributed by atoms with Gasteiger partial charge in [-0.25, -0.2) is 8.42 Å². The van der Waals surface area contributed by atoms with E-state index in [9.17, 15) is 13.7 Å². The fraction of sp³-hybridized carbons (Fsp3) is 0.364.